The van der Waals surface area contributed by atoms with Gasteiger partial charge in [0.15, 0.2) is 5.96 Å². The maximum Gasteiger partial charge on any atom is 0.225 e. The fourth-order valence-electron chi connectivity index (χ4n) is 5.06. The Bertz CT molecular complexity index is 554. The first-order valence-electron chi connectivity index (χ1n) is 12.4. The largest absolute Gasteiger partial charge is 0.357 e. The van der Waals surface area contributed by atoms with E-state index in [1.165, 1.54) is 39.0 Å². The second-order valence-corrected chi connectivity index (χ2v) is 9.46. The van der Waals surface area contributed by atoms with Gasteiger partial charge in [0, 0.05) is 70.9 Å². The Hall–Kier alpha value is -1.34. The quantitative estimate of drug-likeness (QED) is 0.461. The number of likely N-dealkylation sites (N-methyl/N-ethyl adjacent to an activating group) is 1. The Morgan fingerprint density at radius 1 is 1.03 bits per heavy atom. The van der Waals surface area contributed by atoms with E-state index in [-0.39, 0.29) is 5.92 Å². The molecular weight excluding hydrogens is 376 g/mol. The number of likely N-dealkylation sites (tertiary alicyclic amines) is 1. The van der Waals surface area contributed by atoms with Gasteiger partial charge in [-0.15, -0.1) is 0 Å². The number of nitrogens with one attached hydrogen (secondary N) is 2. The van der Waals surface area contributed by atoms with Crippen LogP contribution in [0.15, 0.2) is 4.99 Å². The Morgan fingerprint density at radius 2 is 1.73 bits per heavy atom. The van der Waals surface area contributed by atoms with Crippen molar-refractivity contribution in [1.29, 1.82) is 0 Å². The number of hydrogen-bond acceptors (Lipinski definition) is 4. The average Bonchev–Trinajstić information content (AvgIpc) is 3.45. The molecule has 2 saturated heterocycles. The second-order valence-electron chi connectivity index (χ2n) is 9.46. The van der Waals surface area contributed by atoms with E-state index in [2.05, 4.69) is 46.1 Å². The number of guanidine groups is 1. The van der Waals surface area contributed by atoms with Crippen molar-refractivity contribution in [2.75, 3.05) is 65.4 Å². The third kappa shape index (κ3) is 6.84. The lowest BCUT2D eigenvalue weighted by molar-refractivity contribution is -0.134. The van der Waals surface area contributed by atoms with Gasteiger partial charge in [-0.25, -0.2) is 0 Å². The van der Waals surface area contributed by atoms with E-state index in [1.54, 1.807) is 0 Å². The Kier molecular flexibility index (Phi) is 9.25. The maximum absolute atomic E-state index is 12.7. The van der Waals surface area contributed by atoms with Crippen LogP contribution < -0.4 is 10.6 Å². The molecular formula is C23H44N6O. The SMILES string of the molecule is CCNC(=NCC(C)CN1CCN(CC)CC1)NC1CCN(C(=O)C2CCCC2)C1. The lowest BCUT2D eigenvalue weighted by Crippen LogP contribution is -2.48. The van der Waals surface area contributed by atoms with Gasteiger partial charge >= 0.3 is 0 Å². The molecule has 3 rings (SSSR count). The molecule has 2 heterocycles. The average molecular weight is 421 g/mol. The zero-order valence-electron chi connectivity index (χ0n) is 19.5. The minimum absolute atomic E-state index is 0.283. The molecule has 0 aromatic rings. The molecule has 0 aromatic carbocycles. The highest BCUT2D eigenvalue weighted by atomic mass is 16.2. The van der Waals surface area contributed by atoms with Crippen LogP contribution in [0.3, 0.4) is 0 Å². The molecule has 2 unspecified atom stereocenters. The number of rotatable bonds is 8. The van der Waals surface area contributed by atoms with Crippen molar-refractivity contribution < 1.29 is 4.79 Å². The zero-order chi connectivity index (χ0) is 21.3. The first-order chi connectivity index (χ1) is 14.6. The summed E-state index contributed by atoms with van der Waals surface area (Å²) in [5.74, 6) is 2.11. The third-order valence-corrected chi connectivity index (χ3v) is 6.93. The first-order valence-corrected chi connectivity index (χ1v) is 12.4. The molecule has 0 aromatic heterocycles. The summed E-state index contributed by atoms with van der Waals surface area (Å²) in [7, 11) is 0. The Balaban J connectivity index is 1.42. The van der Waals surface area contributed by atoms with Gasteiger partial charge in [0.05, 0.1) is 0 Å². The number of piperazine rings is 1. The van der Waals surface area contributed by atoms with Crippen LogP contribution in [0.5, 0.6) is 0 Å². The van der Waals surface area contributed by atoms with Crippen LogP contribution in [0, 0.1) is 11.8 Å². The van der Waals surface area contributed by atoms with Crippen LogP contribution in [0.1, 0.15) is 52.9 Å². The summed E-state index contributed by atoms with van der Waals surface area (Å²) in [6.07, 6.45) is 5.62. The van der Waals surface area contributed by atoms with Crippen LogP contribution in [0.25, 0.3) is 0 Å². The smallest absolute Gasteiger partial charge is 0.225 e. The molecule has 7 nitrogen and oxygen atoms in total. The number of aliphatic imine (C=N–C) groups is 1. The predicted octanol–water partition coefficient (Wildman–Crippen LogP) is 1.61. The number of nitrogens with zero attached hydrogens (tertiary/aromatic N) is 4. The molecule has 0 bridgehead atoms. The first kappa shape index (κ1) is 23.3. The van der Waals surface area contributed by atoms with Crippen molar-refractivity contribution in [2.24, 2.45) is 16.8 Å². The summed E-state index contributed by atoms with van der Waals surface area (Å²) in [6, 6.07) is 0.311. The molecule has 2 atom stereocenters. The van der Waals surface area contributed by atoms with E-state index < -0.39 is 0 Å². The van der Waals surface area contributed by atoms with E-state index >= 15 is 0 Å². The van der Waals surface area contributed by atoms with Gasteiger partial charge in [-0.1, -0.05) is 26.7 Å². The van der Waals surface area contributed by atoms with Crippen molar-refractivity contribution in [3.05, 3.63) is 0 Å². The maximum atomic E-state index is 12.7. The number of hydrogen-bond donors (Lipinski definition) is 2. The summed E-state index contributed by atoms with van der Waals surface area (Å²) in [5, 5.41) is 6.99. The van der Waals surface area contributed by atoms with E-state index in [0.717, 1.165) is 64.5 Å². The molecule has 1 saturated carbocycles. The summed E-state index contributed by atoms with van der Waals surface area (Å²) in [6.45, 7) is 17.1. The molecule has 1 aliphatic carbocycles. The van der Waals surface area contributed by atoms with Crippen LogP contribution in [-0.4, -0.2) is 98.1 Å². The van der Waals surface area contributed by atoms with Gasteiger partial charge in [-0.3, -0.25) is 9.79 Å². The van der Waals surface area contributed by atoms with Crippen LogP contribution in [-0.2, 0) is 4.79 Å². The fraction of sp³-hybridized carbons (Fsp3) is 0.913. The molecule has 0 radical (unpaired) electrons. The van der Waals surface area contributed by atoms with E-state index in [4.69, 9.17) is 4.99 Å². The standard InChI is InChI=1S/C23H44N6O/c1-4-24-23(25-16-19(3)17-28-14-12-27(5-2)13-15-28)26-21-10-11-29(18-21)22(30)20-8-6-7-9-20/h19-21H,4-18H2,1-3H3,(H2,24,25,26). The highest BCUT2D eigenvalue weighted by Gasteiger charge is 2.32. The molecule has 0 spiro atoms. The van der Waals surface area contributed by atoms with E-state index in [1.807, 2.05) is 0 Å². The van der Waals surface area contributed by atoms with Crippen molar-refractivity contribution in [3.63, 3.8) is 0 Å². The molecule has 1 amide bonds. The Morgan fingerprint density at radius 3 is 2.40 bits per heavy atom. The van der Waals surface area contributed by atoms with E-state index in [9.17, 15) is 4.79 Å². The van der Waals surface area contributed by atoms with Gasteiger partial charge in [0.25, 0.3) is 0 Å². The normalized spacial score (nSPS) is 25.6. The zero-order valence-corrected chi connectivity index (χ0v) is 19.5. The molecule has 30 heavy (non-hydrogen) atoms. The molecule has 172 valence electrons. The Labute approximate surface area is 183 Å². The minimum Gasteiger partial charge on any atom is -0.357 e. The number of amides is 1. The lowest BCUT2D eigenvalue weighted by Gasteiger charge is -2.35. The molecule has 3 aliphatic rings. The van der Waals surface area contributed by atoms with Gasteiger partial charge < -0.3 is 25.3 Å². The van der Waals surface area contributed by atoms with Crippen molar-refractivity contribution in [2.45, 2.75) is 58.9 Å². The monoisotopic (exact) mass is 420 g/mol. The van der Waals surface area contributed by atoms with Gasteiger partial charge in [-0.05, 0) is 38.6 Å². The van der Waals surface area contributed by atoms with Crippen LogP contribution >= 0.6 is 0 Å². The number of carbonyl (C=O) groups excluding carboxylic acids is 1. The summed E-state index contributed by atoms with van der Waals surface area (Å²) in [4.78, 5) is 24.7. The van der Waals surface area contributed by atoms with Crippen LogP contribution in [0.2, 0.25) is 0 Å². The summed E-state index contributed by atoms with van der Waals surface area (Å²) in [5.41, 5.74) is 0. The summed E-state index contributed by atoms with van der Waals surface area (Å²) < 4.78 is 0. The van der Waals surface area contributed by atoms with Crippen molar-refractivity contribution in [1.82, 2.24) is 25.3 Å². The molecule has 2 N–H and O–H groups in total. The highest BCUT2D eigenvalue weighted by Crippen LogP contribution is 2.27. The predicted molar refractivity (Wildman–Crippen MR) is 124 cm³/mol. The van der Waals surface area contributed by atoms with Crippen LogP contribution in [0.4, 0.5) is 0 Å². The topological polar surface area (TPSA) is 63.2 Å². The second kappa shape index (κ2) is 11.9. The third-order valence-electron chi connectivity index (χ3n) is 6.93. The van der Waals surface area contributed by atoms with E-state index in [0.29, 0.717) is 17.9 Å². The molecule has 2 aliphatic heterocycles. The van der Waals surface area contributed by atoms with Crippen molar-refractivity contribution in [3.8, 4) is 0 Å². The minimum atomic E-state index is 0.283. The van der Waals surface area contributed by atoms with Crippen molar-refractivity contribution >= 4 is 11.9 Å². The van der Waals surface area contributed by atoms with Gasteiger partial charge in [0.2, 0.25) is 5.91 Å². The summed E-state index contributed by atoms with van der Waals surface area (Å²) >= 11 is 0. The van der Waals surface area contributed by atoms with Gasteiger partial charge in [0.1, 0.15) is 0 Å². The molecule has 3 fully saturated rings. The fourth-order valence-corrected chi connectivity index (χ4v) is 5.06. The molecule has 7 heteroatoms. The lowest BCUT2D eigenvalue weighted by atomic mass is 10.1. The highest BCUT2D eigenvalue weighted by molar-refractivity contribution is 5.81. The van der Waals surface area contributed by atoms with Gasteiger partial charge in [-0.2, -0.15) is 0 Å². The number of carbonyl (C=O) groups is 1.